The Balaban J connectivity index is 2.15. The highest BCUT2D eigenvalue weighted by Gasteiger charge is 2.21. The first-order valence-electron chi connectivity index (χ1n) is 5.22. The third kappa shape index (κ3) is 1.92. The van der Waals surface area contributed by atoms with Gasteiger partial charge in [-0.25, -0.2) is 0 Å². The van der Waals surface area contributed by atoms with Crippen molar-refractivity contribution < 1.29 is 0 Å². The third-order valence-electron chi connectivity index (χ3n) is 2.71. The number of halogens is 2. The minimum absolute atomic E-state index is 0.0634. The van der Waals surface area contributed by atoms with Gasteiger partial charge in [0.2, 0.25) is 0 Å². The molecule has 0 amide bonds. The summed E-state index contributed by atoms with van der Waals surface area (Å²) in [5, 5.41) is 5.35. The molecule has 0 fully saturated rings. The van der Waals surface area contributed by atoms with Crippen molar-refractivity contribution in [3.8, 4) is 0 Å². The van der Waals surface area contributed by atoms with Crippen molar-refractivity contribution in [2.24, 2.45) is 0 Å². The van der Waals surface area contributed by atoms with E-state index in [1.54, 1.807) is 11.3 Å². The highest BCUT2D eigenvalue weighted by Crippen LogP contribution is 2.42. The maximum absolute atomic E-state index is 6.25. The molecular weight excluding hydrogens is 318 g/mol. The molecule has 0 saturated carbocycles. The monoisotopic (exact) mass is 325 g/mol. The lowest BCUT2D eigenvalue weighted by atomic mass is 10.1. The number of thiophene rings is 1. The van der Waals surface area contributed by atoms with Crippen LogP contribution in [0.1, 0.15) is 10.9 Å². The SMILES string of the molecule is ClC1=CC=CNC1c1sc2ccccc2c1Br. The van der Waals surface area contributed by atoms with E-state index >= 15 is 0 Å². The lowest BCUT2D eigenvalue weighted by molar-refractivity contribution is 0.745. The summed E-state index contributed by atoms with van der Waals surface area (Å²) in [5.41, 5.74) is 0. The predicted molar refractivity (Wildman–Crippen MR) is 78.5 cm³/mol. The van der Waals surface area contributed by atoms with Crippen LogP contribution in [-0.4, -0.2) is 0 Å². The molecule has 1 aliphatic heterocycles. The zero-order valence-electron chi connectivity index (χ0n) is 8.78. The highest BCUT2D eigenvalue weighted by molar-refractivity contribution is 9.10. The van der Waals surface area contributed by atoms with E-state index in [-0.39, 0.29) is 6.04 Å². The van der Waals surface area contributed by atoms with Crippen LogP contribution in [0.25, 0.3) is 10.1 Å². The van der Waals surface area contributed by atoms with E-state index in [9.17, 15) is 0 Å². The Kier molecular flexibility index (Phi) is 2.99. The lowest BCUT2D eigenvalue weighted by Gasteiger charge is -2.18. The van der Waals surface area contributed by atoms with Gasteiger partial charge in [0, 0.05) is 24.5 Å². The molecule has 0 spiro atoms. The lowest BCUT2D eigenvalue weighted by Crippen LogP contribution is -2.17. The molecule has 0 saturated heterocycles. The first-order chi connectivity index (χ1) is 8.27. The smallest absolute Gasteiger partial charge is 0.0975 e. The second-order valence-corrected chi connectivity index (χ2v) is 6.10. The van der Waals surface area contributed by atoms with Crippen molar-refractivity contribution in [1.29, 1.82) is 0 Å². The fourth-order valence-electron chi connectivity index (χ4n) is 1.89. The van der Waals surface area contributed by atoms with E-state index in [1.165, 1.54) is 15.0 Å². The highest BCUT2D eigenvalue weighted by atomic mass is 79.9. The molecule has 1 atom stereocenters. The molecule has 4 heteroatoms. The van der Waals surface area contributed by atoms with Crippen molar-refractivity contribution in [2.75, 3.05) is 0 Å². The van der Waals surface area contributed by atoms with E-state index in [2.05, 4.69) is 45.5 Å². The van der Waals surface area contributed by atoms with Gasteiger partial charge < -0.3 is 5.32 Å². The molecule has 1 nitrogen and oxygen atoms in total. The summed E-state index contributed by atoms with van der Waals surface area (Å²) < 4.78 is 2.41. The average Bonchev–Trinajstić information content (AvgIpc) is 2.68. The van der Waals surface area contributed by atoms with Crippen molar-refractivity contribution in [3.63, 3.8) is 0 Å². The summed E-state index contributed by atoms with van der Waals surface area (Å²) in [6.07, 6.45) is 5.77. The molecule has 86 valence electrons. The van der Waals surface area contributed by atoms with Crippen molar-refractivity contribution in [1.82, 2.24) is 5.32 Å². The van der Waals surface area contributed by atoms with Gasteiger partial charge in [0.25, 0.3) is 0 Å². The van der Waals surface area contributed by atoms with Gasteiger partial charge >= 0.3 is 0 Å². The van der Waals surface area contributed by atoms with Gasteiger partial charge in [-0.2, -0.15) is 0 Å². The minimum atomic E-state index is 0.0634. The van der Waals surface area contributed by atoms with Crippen LogP contribution < -0.4 is 5.32 Å². The van der Waals surface area contributed by atoms with Crippen LogP contribution >= 0.6 is 38.9 Å². The molecule has 0 aliphatic carbocycles. The molecule has 3 rings (SSSR count). The van der Waals surface area contributed by atoms with Gasteiger partial charge in [0.05, 0.1) is 6.04 Å². The second-order valence-electron chi connectivity index (χ2n) is 3.79. The van der Waals surface area contributed by atoms with Crippen LogP contribution in [-0.2, 0) is 0 Å². The largest absolute Gasteiger partial charge is 0.379 e. The maximum Gasteiger partial charge on any atom is 0.0975 e. The number of rotatable bonds is 1. The zero-order chi connectivity index (χ0) is 11.8. The molecule has 1 aliphatic rings. The summed E-state index contributed by atoms with van der Waals surface area (Å²) in [7, 11) is 0. The van der Waals surface area contributed by atoms with Gasteiger partial charge in [-0.3, -0.25) is 0 Å². The van der Waals surface area contributed by atoms with E-state index in [0.717, 1.165) is 9.51 Å². The Morgan fingerprint density at radius 1 is 1.29 bits per heavy atom. The standard InChI is InChI=1S/C13H9BrClNS/c14-11-8-4-1-2-6-10(8)17-13(11)12-9(15)5-3-7-16-12/h1-7,12,16H. The number of dihydropyridines is 1. The van der Waals surface area contributed by atoms with E-state index in [0.29, 0.717) is 0 Å². The second kappa shape index (κ2) is 4.48. The summed E-state index contributed by atoms with van der Waals surface area (Å²) in [4.78, 5) is 1.22. The number of fused-ring (bicyclic) bond motifs is 1. The number of hydrogen-bond donors (Lipinski definition) is 1. The van der Waals surface area contributed by atoms with Crippen molar-refractivity contribution in [2.45, 2.75) is 6.04 Å². The molecule has 17 heavy (non-hydrogen) atoms. The summed E-state index contributed by atoms with van der Waals surface area (Å²) >= 11 is 11.7. The Labute approximate surface area is 117 Å². The Morgan fingerprint density at radius 2 is 2.12 bits per heavy atom. The molecule has 1 aromatic carbocycles. The fraction of sp³-hybridized carbons (Fsp3) is 0.0769. The first kappa shape index (κ1) is 11.3. The summed E-state index contributed by atoms with van der Waals surface area (Å²) in [6.45, 7) is 0. The normalized spacial score (nSPS) is 19.2. The number of allylic oxidation sites excluding steroid dienone is 2. The molecule has 0 radical (unpaired) electrons. The number of hydrogen-bond acceptors (Lipinski definition) is 2. The predicted octanol–water partition coefficient (Wildman–Crippen LogP) is 4.94. The topological polar surface area (TPSA) is 12.0 Å². The van der Waals surface area contributed by atoms with Crippen molar-refractivity contribution >= 4 is 49.0 Å². The zero-order valence-corrected chi connectivity index (χ0v) is 11.9. The Hall–Kier alpha value is -0.770. The molecule has 1 aromatic heterocycles. The number of nitrogens with one attached hydrogen (secondary N) is 1. The van der Waals surface area contributed by atoms with E-state index < -0.39 is 0 Å². The molecule has 1 unspecified atom stereocenters. The first-order valence-corrected chi connectivity index (χ1v) is 7.21. The van der Waals surface area contributed by atoms with Crippen LogP contribution in [0, 0.1) is 0 Å². The van der Waals surface area contributed by atoms with Crippen LogP contribution in [0.4, 0.5) is 0 Å². The Morgan fingerprint density at radius 3 is 2.88 bits per heavy atom. The quantitative estimate of drug-likeness (QED) is 0.782. The van der Waals surface area contributed by atoms with E-state index in [4.69, 9.17) is 11.6 Å². The van der Waals surface area contributed by atoms with Gasteiger partial charge in [0.15, 0.2) is 0 Å². The molecule has 0 bridgehead atoms. The molecule has 2 heterocycles. The molecular formula is C13H9BrClNS. The Bertz CT molecular complexity index is 629. The molecule has 1 N–H and O–H groups in total. The third-order valence-corrected chi connectivity index (χ3v) is 5.41. The van der Waals surface area contributed by atoms with Crippen LogP contribution in [0.2, 0.25) is 0 Å². The number of benzene rings is 1. The maximum atomic E-state index is 6.25. The van der Waals surface area contributed by atoms with Crippen molar-refractivity contribution in [3.05, 3.63) is 57.0 Å². The van der Waals surface area contributed by atoms with Gasteiger partial charge in [-0.05, 0) is 40.3 Å². The van der Waals surface area contributed by atoms with Gasteiger partial charge in [0.1, 0.15) is 0 Å². The van der Waals surface area contributed by atoms with Crippen LogP contribution in [0.15, 0.2) is 52.1 Å². The van der Waals surface area contributed by atoms with Crippen LogP contribution in [0.3, 0.4) is 0 Å². The van der Waals surface area contributed by atoms with Gasteiger partial charge in [-0.1, -0.05) is 29.8 Å². The molecule has 2 aromatic rings. The fourth-order valence-corrected chi connectivity index (χ4v) is 4.32. The summed E-state index contributed by atoms with van der Waals surface area (Å²) in [6, 6.07) is 8.42. The average molecular weight is 327 g/mol. The summed E-state index contributed by atoms with van der Waals surface area (Å²) in [5.74, 6) is 0. The van der Waals surface area contributed by atoms with Crippen LogP contribution in [0.5, 0.6) is 0 Å². The minimum Gasteiger partial charge on any atom is -0.379 e. The van der Waals surface area contributed by atoms with Gasteiger partial charge in [-0.15, -0.1) is 11.3 Å². The van der Waals surface area contributed by atoms with E-state index in [1.807, 2.05) is 18.4 Å².